The number of carbonyl (C=O) groups is 1. The topological polar surface area (TPSA) is 221 Å². The van der Waals surface area contributed by atoms with Crippen LogP contribution in [0, 0.1) is 11.8 Å². The van der Waals surface area contributed by atoms with E-state index in [1.807, 2.05) is 0 Å². The number of aliphatic hydroxyl groups is 2. The Kier molecular flexibility index (Phi) is 6.56. The molecule has 0 saturated carbocycles. The Morgan fingerprint density at radius 1 is 0.784 bits per heavy atom. The minimum absolute atomic E-state index is 0.0213. The number of hydrogen-bond acceptors (Lipinski definition) is 13. The van der Waals surface area contributed by atoms with Crippen LogP contribution in [0.5, 0.6) is 51.7 Å². The third-order valence-corrected chi connectivity index (χ3v) is 7.39. The highest BCUT2D eigenvalue weighted by Crippen LogP contribution is 2.54. The van der Waals surface area contributed by atoms with Crippen LogP contribution in [-0.4, -0.2) is 89.7 Å². The molecule has 1 heterocycles. The first-order chi connectivity index (χ1) is 17.4. The summed E-state index contributed by atoms with van der Waals surface area (Å²) in [5.74, 6) is -11.5. The highest BCUT2D eigenvalue weighted by Gasteiger charge is 2.52. The summed E-state index contributed by atoms with van der Waals surface area (Å²) in [6.45, 7) is 0.312. The van der Waals surface area contributed by atoms with E-state index >= 15 is 0 Å². The molecule has 2 aromatic carbocycles. The second kappa shape index (κ2) is 9.25. The van der Waals surface area contributed by atoms with Gasteiger partial charge in [-0.25, -0.2) is 0 Å². The molecule has 1 saturated heterocycles. The molecule has 0 radical (unpaired) electrons. The maximum atomic E-state index is 13.2. The van der Waals surface area contributed by atoms with E-state index < -0.39 is 63.7 Å². The first-order valence-corrected chi connectivity index (χ1v) is 11.4. The minimum Gasteiger partial charge on any atom is -0.504 e. The lowest BCUT2D eigenvalue weighted by Crippen LogP contribution is -2.51. The zero-order chi connectivity index (χ0) is 27.4. The predicted octanol–water partition coefficient (Wildman–Crippen LogP) is 0.591. The average molecular weight is 523 g/mol. The van der Waals surface area contributed by atoms with Crippen molar-refractivity contribution >= 4 is 5.78 Å². The molecule has 0 spiro atoms. The van der Waals surface area contributed by atoms with Crippen LogP contribution < -0.4 is 9.47 Å². The third kappa shape index (κ3) is 3.95. The van der Waals surface area contributed by atoms with Crippen LogP contribution >= 0.6 is 0 Å². The lowest BCUT2D eigenvalue weighted by Gasteiger charge is -2.40. The van der Waals surface area contributed by atoms with Crippen molar-refractivity contribution in [1.29, 1.82) is 0 Å². The molecule has 0 aromatic heterocycles. The van der Waals surface area contributed by atoms with E-state index in [2.05, 4.69) is 0 Å². The van der Waals surface area contributed by atoms with Gasteiger partial charge in [0.1, 0.15) is 0 Å². The van der Waals surface area contributed by atoms with E-state index in [-0.39, 0.29) is 67.1 Å². The monoisotopic (exact) mass is 523 g/mol. The fourth-order valence-corrected chi connectivity index (χ4v) is 5.29. The number of Topliss-reactive ketones (excluding diaryl/α,β-unsaturated/α-hetero) is 1. The minimum atomic E-state index is -2.50. The normalized spacial score (nSPS) is 18.7. The lowest BCUT2D eigenvalue weighted by molar-refractivity contribution is -0.231. The SMILES string of the molecule is COc1c(O)c2c(c(O)c1OC)C(=O)C(C(O)(O)C1CCN(Cc3c(O)c(O)c(O)c(O)c3O)CC1)C2. The summed E-state index contributed by atoms with van der Waals surface area (Å²) in [6, 6.07) is 0. The number of hydrogen-bond donors (Lipinski definition) is 9. The molecule has 2 aromatic rings. The number of ether oxygens (including phenoxy) is 2. The van der Waals surface area contributed by atoms with E-state index in [0.717, 1.165) is 0 Å². The van der Waals surface area contributed by atoms with Crippen LogP contribution in [0.2, 0.25) is 0 Å². The third-order valence-electron chi connectivity index (χ3n) is 7.39. The number of ketones is 1. The molecule has 13 heteroatoms. The van der Waals surface area contributed by atoms with Gasteiger partial charge in [-0.3, -0.25) is 9.69 Å². The molecule has 1 atom stereocenters. The van der Waals surface area contributed by atoms with Crippen molar-refractivity contribution in [2.75, 3.05) is 27.3 Å². The maximum absolute atomic E-state index is 13.2. The Morgan fingerprint density at radius 2 is 1.27 bits per heavy atom. The summed E-state index contributed by atoms with van der Waals surface area (Å²) in [4.78, 5) is 14.9. The highest BCUT2D eigenvalue weighted by atomic mass is 16.5. The summed E-state index contributed by atoms with van der Waals surface area (Å²) in [7, 11) is 2.46. The number of rotatable bonds is 6. The number of phenolic OH excluding ortho intramolecular Hbond substituents is 7. The van der Waals surface area contributed by atoms with E-state index in [4.69, 9.17) is 9.47 Å². The van der Waals surface area contributed by atoms with Crippen LogP contribution in [0.4, 0.5) is 0 Å². The van der Waals surface area contributed by atoms with Gasteiger partial charge in [0, 0.05) is 18.0 Å². The van der Waals surface area contributed by atoms with Gasteiger partial charge in [0.25, 0.3) is 0 Å². The molecule has 0 amide bonds. The molecule has 1 aliphatic heterocycles. The molecule has 202 valence electrons. The van der Waals surface area contributed by atoms with Crippen molar-refractivity contribution in [1.82, 2.24) is 4.90 Å². The molecule has 1 fully saturated rings. The molecule has 1 unspecified atom stereocenters. The van der Waals surface area contributed by atoms with Crippen LogP contribution in [0.1, 0.15) is 34.3 Å². The standard InChI is InChI=1S/C24H29NO12/c1-36-22-16(28)10-7-12(17(29)13(10)18(30)23(22)37-2)24(34,35)9-3-5-25(6-4-9)8-11-14(26)19(31)21(33)20(32)15(11)27/h9,12,26-28,30-35H,3-8H2,1-2H3. The van der Waals surface area contributed by atoms with Crippen molar-refractivity contribution in [3.8, 4) is 51.7 Å². The van der Waals surface area contributed by atoms with Crippen LogP contribution in [0.3, 0.4) is 0 Å². The summed E-state index contributed by atoms with van der Waals surface area (Å²) in [5.41, 5.74) is -0.461. The molecule has 0 bridgehead atoms. The zero-order valence-corrected chi connectivity index (χ0v) is 20.1. The number of nitrogens with zero attached hydrogens (tertiary/aromatic N) is 1. The Labute approximate surface area is 210 Å². The van der Waals surface area contributed by atoms with Gasteiger partial charge in [0.15, 0.2) is 34.6 Å². The smallest absolute Gasteiger partial charge is 0.208 e. The van der Waals surface area contributed by atoms with Gasteiger partial charge < -0.3 is 55.4 Å². The second-order valence-electron chi connectivity index (χ2n) is 9.29. The van der Waals surface area contributed by atoms with Gasteiger partial charge in [-0.15, -0.1) is 0 Å². The van der Waals surface area contributed by atoms with Gasteiger partial charge >= 0.3 is 0 Å². The average Bonchev–Trinajstić information content (AvgIpc) is 3.24. The number of carbonyl (C=O) groups excluding carboxylic acids is 1. The molecule has 13 nitrogen and oxygen atoms in total. The van der Waals surface area contributed by atoms with Gasteiger partial charge in [-0.2, -0.15) is 0 Å². The van der Waals surface area contributed by atoms with Crippen molar-refractivity contribution < 1.29 is 60.2 Å². The predicted molar refractivity (Wildman–Crippen MR) is 124 cm³/mol. The Bertz CT molecular complexity index is 1220. The fourth-order valence-electron chi connectivity index (χ4n) is 5.29. The molecule has 1 aliphatic carbocycles. The number of benzene rings is 2. The lowest BCUT2D eigenvalue weighted by atomic mass is 9.79. The van der Waals surface area contributed by atoms with Crippen LogP contribution in [0.25, 0.3) is 0 Å². The first-order valence-electron chi connectivity index (χ1n) is 11.4. The largest absolute Gasteiger partial charge is 0.504 e. The summed E-state index contributed by atoms with van der Waals surface area (Å²) in [5, 5.41) is 92.6. The number of methoxy groups -OCH3 is 2. The van der Waals surface area contributed by atoms with Crippen molar-refractivity contribution in [3.63, 3.8) is 0 Å². The number of likely N-dealkylation sites (tertiary alicyclic amines) is 1. The summed E-state index contributed by atoms with van der Waals surface area (Å²) >= 11 is 0. The molecular weight excluding hydrogens is 494 g/mol. The van der Waals surface area contributed by atoms with Gasteiger partial charge in [-0.1, -0.05) is 0 Å². The van der Waals surface area contributed by atoms with Crippen LogP contribution in [0.15, 0.2) is 0 Å². The molecule has 37 heavy (non-hydrogen) atoms. The van der Waals surface area contributed by atoms with E-state index in [1.54, 1.807) is 4.90 Å². The van der Waals surface area contributed by atoms with Gasteiger partial charge in [0.05, 0.1) is 31.3 Å². The van der Waals surface area contributed by atoms with E-state index in [0.29, 0.717) is 0 Å². The highest BCUT2D eigenvalue weighted by molar-refractivity contribution is 6.07. The van der Waals surface area contributed by atoms with Crippen molar-refractivity contribution in [3.05, 3.63) is 16.7 Å². The number of phenols is 7. The Balaban J connectivity index is 1.52. The molecule has 9 N–H and O–H groups in total. The zero-order valence-electron chi connectivity index (χ0n) is 20.1. The molecule has 4 rings (SSSR count). The van der Waals surface area contributed by atoms with E-state index in [9.17, 15) is 50.8 Å². The Morgan fingerprint density at radius 3 is 1.78 bits per heavy atom. The Hall–Kier alpha value is -3.81. The van der Waals surface area contributed by atoms with Crippen molar-refractivity contribution in [2.24, 2.45) is 11.8 Å². The quantitative estimate of drug-likeness (QED) is 0.144. The first kappa shape index (κ1) is 26.3. The summed E-state index contributed by atoms with van der Waals surface area (Å²) < 4.78 is 10.1. The van der Waals surface area contributed by atoms with Crippen LogP contribution in [-0.2, 0) is 13.0 Å². The number of aromatic hydroxyl groups is 7. The van der Waals surface area contributed by atoms with Crippen molar-refractivity contribution in [2.45, 2.75) is 31.6 Å². The fraction of sp³-hybridized carbons (Fsp3) is 0.458. The molecule has 2 aliphatic rings. The second-order valence-corrected chi connectivity index (χ2v) is 9.29. The summed E-state index contributed by atoms with van der Waals surface area (Å²) in [6.07, 6.45) is 0.0968. The molecular formula is C24H29NO12. The van der Waals surface area contributed by atoms with E-state index in [1.165, 1.54) is 14.2 Å². The van der Waals surface area contributed by atoms with Gasteiger partial charge in [0.2, 0.25) is 28.7 Å². The number of fused-ring (bicyclic) bond motifs is 1. The number of piperidine rings is 1. The van der Waals surface area contributed by atoms with Gasteiger partial charge in [-0.05, 0) is 32.4 Å². The maximum Gasteiger partial charge on any atom is 0.208 e.